The van der Waals surface area contributed by atoms with Crippen LogP contribution in [0.25, 0.3) is 0 Å². The maximum absolute atomic E-state index is 14.5. The number of benzene rings is 4. The lowest BCUT2D eigenvalue weighted by atomic mass is 10.1. The summed E-state index contributed by atoms with van der Waals surface area (Å²) in [5, 5.41) is 15.2. The van der Waals surface area contributed by atoms with Crippen LogP contribution < -0.4 is 15.9 Å². The lowest BCUT2D eigenvalue weighted by Gasteiger charge is -2.33. The second-order valence-electron chi connectivity index (χ2n) is 8.54. The van der Waals surface area contributed by atoms with Gasteiger partial charge in [0.2, 0.25) is 0 Å². The molecule has 0 radical (unpaired) electrons. The third-order valence-corrected chi connectivity index (χ3v) is 12.6. The number of rotatable bonds is 11. The third kappa shape index (κ3) is 6.05. The van der Waals surface area contributed by atoms with E-state index < -0.39 is 26.5 Å². The van der Waals surface area contributed by atoms with Crippen molar-refractivity contribution < 1.29 is 18.7 Å². The van der Waals surface area contributed by atoms with Crippen molar-refractivity contribution in [3.8, 4) is 0 Å². The quantitative estimate of drug-likeness (QED) is 0.196. The van der Waals surface area contributed by atoms with Gasteiger partial charge in [-0.3, -0.25) is 9.31 Å². The van der Waals surface area contributed by atoms with Gasteiger partial charge in [-0.05, 0) is 31.5 Å². The summed E-state index contributed by atoms with van der Waals surface area (Å²) < 4.78 is 31.5. The average molecular weight is 568 g/mol. The van der Waals surface area contributed by atoms with Gasteiger partial charge in [0.1, 0.15) is 6.10 Å². The van der Waals surface area contributed by atoms with E-state index in [4.69, 9.17) is 25.4 Å². The molecule has 0 amide bonds. The molecule has 0 saturated heterocycles. The molecular formula is C30H32ClNO4P2. The Kier molecular flexibility index (Phi) is 9.79. The third-order valence-electron chi connectivity index (χ3n) is 6.12. The van der Waals surface area contributed by atoms with E-state index in [0.717, 1.165) is 15.9 Å². The zero-order chi connectivity index (χ0) is 27.0. The van der Waals surface area contributed by atoms with Crippen LogP contribution in [0.1, 0.15) is 25.5 Å². The predicted octanol–water partition coefficient (Wildman–Crippen LogP) is 7.14. The van der Waals surface area contributed by atoms with Gasteiger partial charge in [-0.15, -0.1) is 0 Å². The molecule has 8 heteroatoms. The first-order chi connectivity index (χ1) is 18.4. The number of hydrogen-bond donors (Lipinski definition) is 1. The molecule has 0 aliphatic heterocycles. The van der Waals surface area contributed by atoms with E-state index in [2.05, 4.69) is 0 Å². The Balaban J connectivity index is 2.12. The molecule has 1 N–H and O–H groups in total. The predicted molar refractivity (Wildman–Crippen MR) is 159 cm³/mol. The van der Waals surface area contributed by atoms with Crippen molar-refractivity contribution in [1.82, 2.24) is 0 Å². The first-order valence-corrected chi connectivity index (χ1v) is 16.3. The highest BCUT2D eigenvalue weighted by atomic mass is 35.5. The van der Waals surface area contributed by atoms with Crippen molar-refractivity contribution in [3.63, 3.8) is 0 Å². The summed E-state index contributed by atoms with van der Waals surface area (Å²) in [6.07, 6.45) is -1.27. The largest absolute Gasteiger partial charge is 0.385 e. The number of hydrogen-bond acceptors (Lipinski definition) is 5. The number of aliphatic hydroxyl groups is 1. The standard InChI is InChI=1S/C30H32ClNO4P2/c1-3-35-38(34,36-4-2)30(29(33)24-20-22-25(31)23-21-24)32-37(26-14-8-5-9-15-26,27-16-10-6-11-17-27)28-18-12-7-13-19-28/h5-23,29-30,33H,3-4H2,1-2H3. The SMILES string of the molecule is CCOP(=O)(OCC)C(N=P(c1ccccc1)(c1ccccc1)c1ccccc1)C(O)c1ccc(Cl)cc1. The van der Waals surface area contributed by atoms with Gasteiger partial charge in [0.15, 0.2) is 5.78 Å². The molecule has 0 aliphatic rings. The van der Waals surface area contributed by atoms with Crippen molar-refractivity contribution in [1.29, 1.82) is 0 Å². The van der Waals surface area contributed by atoms with Gasteiger partial charge in [-0.1, -0.05) is 115 Å². The Morgan fingerprint density at radius 2 is 1.11 bits per heavy atom. The second kappa shape index (κ2) is 13.0. The Bertz CT molecular complexity index is 1290. The monoisotopic (exact) mass is 567 g/mol. The zero-order valence-electron chi connectivity index (χ0n) is 21.4. The number of nitrogens with zero attached hydrogens (tertiary/aromatic N) is 1. The van der Waals surface area contributed by atoms with Crippen LogP contribution in [0.15, 0.2) is 120 Å². The second-order valence-corrected chi connectivity index (χ2v) is 14.2. The number of halogens is 1. The van der Waals surface area contributed by atoms with Crippen LogP contribution in [0.2, 0.25) is 5.02 Å². The van der Waals surface area contributed by atoms with E-state index in [1.807, 2.05) is 91.0 Å². The van der Waals surface area contributed by atoms with Gasteiger partial charge in [0.25, 0.3) is 0 Å². The molecule has 0 heterocycles. The van der Waals surface area contributed by atoms with Crippen molar-refractivity contribution >= 4 is 42.2 Å². The fourth-order valence-corrected chi connectivity index (χ4v) is 10.7. The minimum Gasteiger partial charge on any atom is -0.385 e. The van der Waals surface area contributed by atoms with Crippen molar-refractivity contribution in [2.45, 2.75) is 25.7 Å². The zero-order valence-corrected chi connectivity index (χ0v) is 24.0. The van der Waals surface area contributed by atoms with Crippen LogP contribution in [0.3, 0.4) is 0 Å². The fourth-order valence-electron chi connectivity index (χ4n) is 4.44. The maximum atomic E-state index is 14.5. The van der Waals surface area contributed by atoms with Crippen LogP contribution in [0.4, 0.5) is 0 Å². The van der Waals surface area contributed by atoms with E-state index in [-0.39, 0.29) is 13.2 Å². The van der Waals surface area contributed by atoms with Crippen LogP contribution >= 0.6 is 26.3 Å². The minimum absolute atomic E-state index is 0.143. The maximum Gasteiger partial charge on any atom is 0.357 e. The van der Waals surface area contributed by atoms with Crippen LogP contribution in [-0.4, -0.2) is 24.1 Å². The molecular weight excluding hydrogens is 536 g/mol. The minimum atomic E-state index is -3.94. The molecule has 0 bridgehead atoms. The highest BCUT2D eigenvalue weighted by Crippen LogP contribution is 2.61. The Morgan fingerprint density at radius 3 is 1.47 bits per heavy atom. The van der Waals surface area contributed by atoms with Crippen LogP contribution in [0, 0.1) is 0 Å². The average Bonchev–Trinajstić information content (AvgIpc) is 2.95. The molecule has 2 unspecified atom stereocenters. The fraction of sp³-hybridized carbons (Fsp3) is 0.200. The van der Waals surface area contributed by atoms with E-state index in [0.29, 0.717) is 10.6 Å². The summed E-state index contributed by atoms with van der Waals surface area (Å²) >= 11 is 6.13. The Morgan fingerprint density at radius 1 is 0.711 bits per heavy atom. The molecule has 38 heavy (non-hydrogen) atoms. The van der Waals surface area contributed by atoms with Crippen molar-refractivity contribution in [2.75, 3.05) is 13.2 Å². The molecule has 0 aromatic heterocycles. The van der Waals surface area contributed by atoms with E-state index in [9.17, 15) is 9.67 Å². The first-order valence-electron chi connectivity index (χ1n) is 12.5. The van der Waals surface area contributed by atoms with Gasteiger partial charge >= 0.3 is 7.60 Å². The molecule has 0 fully saturated rings. The smallest absolute Gasteiger partial charge is 0.357 e. The van der Waals surface area contributed by atoms with Crippen LogP contribution in [-0.2, 0) is 13.6 Å². The van der Waals surface area contributed by atoms with Gasteiger partial charge in [0, 0.05) is 20.9 Å². The highest BCUT2D eigenvalue weighted by Gasteiger charge is 2.44. The molecule has 0 saturated carbocycles. The normalized spacial score (nSPS) is 13.6. The summed E-state index contributed by atoms with van der Waals surface area (Å²) in [6, 6.07) is 36.7. The highest BCUT2D eigenvalue weighted by molar-refractivity contribution is 7.87. The molecule has 198 valence electrons. The molecule has 5 nitrogen and oxygen atoms in total. The summed E-state index contributed by atoms with van der Waals surface area (Å²) in [5.41, 5.74) is 0.523. The van der Waals surface area contributed by atoms with Gasteiger partial charge in [0.05, 0.1) is 20.3 Å². The van der Waals surface area contributed by atoms with Gasteiger partial charge in [-0.25, -0.2) is 0 Å². The summed E-state index contributed by atoms with van der Waals surface area (Å²) in [7, 11) is -6.77. The molecule has 2 atom stereocenters. The Labute approximate surface area is 230 Å². The van der Waals surface area contributed by atoms with Crippen molar-refractivity contribution in [2.24, 2.45) is 4.74 Å². The topological polar surface area (TPSA) is 68.1 Å². The van der Waals surface area contributed by atoms with E-state index >= 15 is 0 Å². The molecule has 0 spiro atoms. The molecule has 4 aromatic rings. The summed E-state index contributed by atoms with van der Waals surface area (Å²) in [5.74, 6) is -1.21. The molecule has 4 aromatic carbocycles. The lowest BCUT2D eigenvalue weighted by Crippen LogP contribution is -2.29. The molecule has 0 aliphatic carbocycles. The summed E-state index contributed by atoms with van der Waals surface area (Å²) in [6.45, 7) is 3.80. The van der Waals surface area contributed by atoms with Crippen LogP contribution in [0.5, 0.6) is 0 Å². The van der Waals surface area contributed by atoms with Gasteiger partial charge in [-0.2, -0.15) is 0 Å². The molecule has 4 rings (SSSR count). The Hall–Kier alpha value is -2.49. The van der Waals surface area contributed by atoms with E-state index in [1.54, 1.807) is 38.1 Å². The van der Waals surface area contributed by atoms with Crippen molar-refractivity contribution in [3.05, 3.63) is 126 Å². The van der Waals surface area contributed by atoms with Gasteiger partial charge < -0.3 is 14.2 Å². The lowest BCUT2D eigenvalue weighted by molar-refractivity contribution is 0.142. The van der Waals surface area contributed by atoms with E-state index in [1.165, 1.54) is 0 Å². The first kappa shape index (κ1) is 28.5. The number of aliphatic hydroxyl groups excluding tert-OH is 1. The summed E-state index contributed by atoms with van der Waals surface area (Å²) in [4.78, 5) is 0.